The van der Waals surface area contributed by atoms with Gasteiger partial charge in [-0.05, 0) is 43.7 Å². The maximum Gasteiger partial charge on any atom is 0.341 e. The van der Waals surface area contributed by atoms with Crippen molar-refractivity contribution in [3.63, 3.8) is 0 Å². The van der Waals surface area contributed by atoms with E-state index in [1.54, 1.807) is 35.0 Å². The number of nitrogens with zero attached hydrogens (tertiary/aromatic N) is 5. The van der Waals surface area contributed by atoms with Crippen molar-refractivity contribution in [3.05, 3.63) is 89.9 Å². The smallest absolute Gasteiger partial charge is 0.341 e. The molecular weight excluding hydrogens is 479 g/mol. The lowest BCUT2D eigenvalue weighted by Crippen LogP contribution is -2.17. The number of anilines is 1. The SMILES string of the molecule is COP(=O)(Nc1nn(-c2ccc(-c3cc4ncccn4n3)cc2)cc1C(=O)O)c1ccc(C)cc1C. The predicted molar refractivity (Wildman–Crippen MR) is 136 cm³/mol. The fourth-order valence-corrected chi connectivity index (χ4v) is 5.63. The van der Waals surface area contributed by atoms with Gasteiger partial charge in [0.2, 0.25) is 0 Å². The van der Waals surface area contributed by atoms with E-state index in [1.807, 2.05) is 50.4 Å². The van der Waals surface area contributed by atoms with E-state index in [2.05, 4.69) is 20.3 Å². The molecule has 0 aliphatic heterocycles. The second-order valence-corrected chi connectivity index (χ2v) is 10.4. The molecule has 2 aromatic carbocycles. The minimum atomic E-state index is -3.65. The first-order chi connectivity index (χ1) is 17.3. The van der Waals surface area contributed by atoms with Gasteiger partial charge in [-0.2, -0.15) is 5.10 Å². The van der Waals surface area contributed by atoms with Gasteiger partial charge in [0.05, 0.1) is 16.7 Å². The van der Waals surface area contributed by atoms with Gasteiger partial charge in [0, 0.05) is 37.3 Å². The zero-order valence-corrected chi connectivity index (χ0v) is 20.7. The average Bonchev–Trinajstić information content (AvgIpc) is 3.48. The number of aryl methyl sites for hydroxylation is 2. The number of carbonyl (C=O) groups is 1. The molecule has 182 valence electrons. The molecule has 0 spiro atoms. The van der Waals surface area contributed by atoms with Crippen LogP contribution in [0.15, 0.2) is 73.2 Å². The maximum atomic E-state index is 13.7. The van der Waals surface area contributed by atoms with Gasteiger partial charge in [0.25, 0.3) is 0 Å². The van der Waals surface area contributed by atoms with Crippen LogP contribution in [0.3, 0.4) is 0 Å². The van der Waals surface area contributed by atoms with Crippen LogP contribution in [-0.2, 0) is 9.09 Å². The van der Waals surface area contributed by atoms with Crippen LogP contribution in [0.25, 0.3) is 22.6 Å². The van der Waals surface area contributed by atoms with Gasteiger partial charge in [-0.25, -0.2) is 19.0 Å². The van der Waals surface area contributed by atoms with E-state index in [-0.39, 0.29) is 11.4 Å². The topological polar surface area (TPSA) is 124 Å². The van der Waals surface area contributed by atoms with Crippen molar-refractivity contribution in [3.8, 4) is 16.9 Å². The molecule has 3 heterocycles. The molecular formula is C25H23N6O4P. The summed E-state index contributed by atoms with van der Waals surface area (Å²) < 4.78 is 22.2. The van der Waals surface area contributed by atoms with Crippen molar-refractivity contribution >= 4 is 30.3 Å². The normalized spacial score (nSPS) is 13.0. The minimum Gasteiger partial charge on any atom is -0.477 e. The largest absolute Gasteiger partial charge is 0.477 e. The van der Waals surface area contributed by atoms with Gasteiger partial charge in [-0.15, -0.1) is 5.10 Å². The van der Waals surface area contributed by atoms with Gasteiger partial charge < -0.3 is 9.63 Å². The summed E-state index contributed by atoms with van der Waals surface area (Å²) in [6.45, 7) is 3.76. The summed E-state index contributed by atoms with van der Waals surface area (Å²) in [6, 6.07) is 16.4. The standard InChI is InChI=1S/C25H23N6O4P/c1-16-5-10-22(17(2)13-16)36(34,35-3)29-24-20(25(32)33)15-31(28-24)19-8-6-18(7-9-19)21-14-23-26-11-4-12-30(23)27-21/h4-15H,1-3H3,(H,32,33)(H,28,29,34). The van der Waals surface area contributed by atoms with Gasteiger partial charge in [-0.1, -0.05) is 29.8 Å². The Morgan fingerprint density at radius 3 is 2.53 bits per heavy atom. The lowest BCUT2D eigenvalue weighted by atomic mass is 10.1. The number of carboxylic acids is 1. The number of hydrogen-bond donors (Lipinski definition) is 2. The molecule has 2 N–H and O–H groups in total. The summed E-state index contributed by atoms with van der Waals surface area (Å²) in [4.78, 5) is 16.3. The molecule has 1 unspecified atom stereocenters. The monoisotopic (exact) mass is 502 g/mol. The summed E-state index contributed by atoms with van der Waals surface area (Å²) >= 11 is 0. The van der Waals surface area contributed by atoms with Crippen LogP contribution in [0.2, 0.25) is 0 Å². The summed E-state index contributed by atoms with van der Waals surface area (Å²) in [5, 5.41) is 21.9. The third-order valence-corrected chi connectivity index (χ3v) is 7.94. The molecule has 1 atom stereocenters. The molecule has 0 saturated carbocycles. The fraction of sp³-hybridized carbons (Fsp3) is 0.120. The third kappa shape index (κ3) is 4.28. The Kier molecular flexibility index (Phi) is 5.91. The van der Waals surface area contributed by atoms with E-state index >= 15 is 0 Å². The predicted octanol–water partition coefficient (Wildman–Crippen LogP) is 4.47. The van der Waals surface area contributed by atoms with Gasteiger partial charge in [-0.3, -0.25) is 9.65 Å². The first-order valence-electron chi connectivity index (χ1n) is 11.0. The Morgan fingerprint density at radius 2 is 1.86 bits per heavy atom. The summed E-state index contributed by atoms with van der Waals surface area (Å²) in [5.74, 6) is -1.26. The van der Waals surface area contributed by atoms with E-state index in [4.69, 9.17) is 4.52 Å². The summed E-state index contributed by atoms with van der Waals surface area (Å²) in [7, 11) is -2.33. The van der Waals surface area contributed by atoms with Crippen LogP contribution in [0.4, 0.5) is 5.82 Å². The van der Waals surface area contributed by atoms with Crippen molar-refractivity contribution < 1.29 is 19.0 Å². The number of carboxylic acid groups (broad SMARTS) is 1. The van der Waals surface area contributed by atoms with Gasteiger partial charge in [0.15, 0.2) is 11.5 Å². The van der Waals surface area contributed by atoms with Crippen molar-refractivity contribution in [2.24, 2.45) is 0 Å². The molecule has 11 heteroatoms. The average molecular weight is 502 g/mol. The maximum absolute atomic E-state index is 13.7. The molecule has 0 bridgehead atoms. The number of aromatic carboxylic acids is 1. The first-order valence-corrected chi connectivity index (χ1v) is 12.7. The number of hydrogen-bond acceptors (Lipinski definition) is 6. The Labute approximate surface area is 206 Å². The summed E-state index contributed by atoms with van der Waals surface area (Å²) in [6.07, 6.45) is 4.90. The second-order valence-electron chi connectivity index (χ2n) is 8.28. The highest BCUT2D eigenvalue weighted by Gasteiger charge is 2.30. The van der Waals surface area contributed by atoms with E-state index < -0.39 is 13.5 Å². The molecule has 5 aromatic rings. The Balaban J connectivity index is 1.48. The van der Waals surface area contributed by atoms with Crippen LogP contribution < -0.4 is 10.4 Å². The van der Waals surface area contributed by atoms with E-state index in [0.717, 1.165) is 28.0 Å². The van der Waals surface area contributed by atoms with Crippen LogP contribution in [0.5, 0.6) is 0 Å². The molecule has 0 aliphatic rings. The number of fused-ring (bicyclic) bond motifs is 1. The van der Waals surface area contributed by atoms with Crippen LogP contribution in [0.1, 0.15) is 21.5 Å². The first kappa shape index (κ1) is 23.5. The quantitative estimate of drug-likeness (QED) is 0.313. The zero-order valence-electron chi connectivity index (χ0n) is 19.8. The highest BCUT2D eigenvalue weighted by molar-refractivity contribution is 7.68. The van der Waals surface area contributed by atoms with E-state index in [0.29, 0.717) is 11.0 Å². The molecule has 0 amide bonds. The van der Waals surface area contributed by atoms with Gasteiger partial charge >= 0.3 is 13.5 Å². The molecule has 0 saturated heterocycles. The number of rotatable bonds is 7. The molecule has 36 heavy (non-hydrogen) atoms. The molecule has 5 rings (SSSR count). The number of benzene rings is 2. The van der Waals surface area contributed by atoms with E-state index in [9.17, 15) is 14.5 Å². The van der Waals surface area contributed by atoms with Crippen molar-refractivity contribution in [1.29, 1.82) is 0 Å². The second kappa shape index (κ2) is 9.07. The molecule has 3 aromatic heterocycles. The summed E-state index contributed by atoms with van der Waals surface area (Å²) in [5.41, 5.74) is 4.62. The lowest BCUT2D eigenvalue weighted by Gasteiger charge is -2.20. The van der Waals surface area contributed by atoms with Crippen LogP contribution in [-0.4, -0.2) is 42.6 Å². The van der Waals surface area contributed by atoms with Crippen molar-refractivity contribution in [1.82, 2.24) is 24.4 Å². The van der Waals surface area contributed by atoms with Gasteiger partial charge in [0.1, 0.15) is 5.56 Å². The van der Waals surface area contributed by atoms with Crippen molar-refractivity contribution in [2.75, 3.05) is 12.2 Å². The Morgan fingerprint density at radius 1 is 1.08 bits per heavy atom. The Hall–Kier alpha value is -4.27. The zero-order chi connectivity index (χ0) is 25.4. The third-order valence-electron chi connectivity index (χ3n) is 5.79. The molecule has 0 aliphatic carbocycles. The van der Waals surface area contributed by atoms with Crippen LogP contribution >= 0.6 is 7.52 Å². The molecule has 10 nitrogen and oxygen atoms in total. The minimum absolute atomic E-state index is 0.0526. The lowest BCUT2D eigenvalue weighted by molar-refractivity contribution is 0.0698. The molecule has 0 fully saturated rings. The highest BCUT2D eigenvalue weighted by atomic mass is 31.2. The fourth-order valence-electron chi connectivity index (χ4n) is 3.98. The highest BCUT2D eigenvalue weighted by Crippen LogP contribution is 2.46. The van der Waals surface area contributed by atoms with Crippen LogP contribution in [0, 0.1) is 13.8 Å². The number of aromatic nitrogens is 5. The molecule has 0 radical (unpaired) electrons. The number of nitrogens with one attached hydrogen (secondary N) is 1. The van der Waals surface area contributed by atoms with Crippen molar-refractivity contribution in [2.45, 2.75) is 13.8 Å². The van der Waals surface area contributed by atoms with E-state index in [1.165, 1.54) is 18.0 Å². The Bertz CT molecular complexity index is 1610.